The Labute approximate surface area is 148 Å². The van der Waals surface area contributed by atoms with Crippen molar-refractivity contribution in [2.75, 3.05) is 5.32 Å². The number of aromatic nitrogens is 4. The molecule has 1 amide bonds. The summed E-state index contributed by atoms with van der Waals surface area (Å²) in [6, 6.07) is 7.91. The average molecular weight is 355 g/mol. The van der Waals surface area contributed by atoms with Gasteiger partial charge in [0.1, 0.15) is 11.7 Å². The van der Waals surface area contributed by atoms with Crippen LogP contribution < -0.4 is 10.9 Å². The third-order valence-corrected chi connectivity index (χ3v) is 4.45. The molecule has 3 aromatic heterocycles. The molecule has 1 N–H and O–H groups in total. The maximum atomic E-state index is 12.5. The Kier molecular flexibility index (Phi) is 4.71. The Hall–Kier alpha value is -2.87. The van der Waals surface area contributed by atoms with Gasteiger partial charge in [0.05, 0.1) is 4.88 Å². The highest BCUT2D eigenvalue weighted by Gasteiger charge is 2.19. The molecule has 0 aromatic carbocycles. The van der Waals surface area contributed by atoms with Crippen molar-refractivity contribution in [2.45, 2.75) is 26.8 Å². The Morgan fingerprint density at radius 1 is 1.20 bits per heavy atom. The number of thiophene rings is 1. The van der Waals surface area contributed by atoms with Gasteiger partial charge in [-0.25, -0.2) is 14.6 Å². The number of nitrogens with zero attached hydrogens (tertiary/aromatic N) is 4. The van der Waals surface area contributed by atoms with Crippen LogP contribution in [0.2, 0.25) is 0 Å². The fourth-order valence-electron chi connectivity index (χ4n) is 2.37. The molecular weight excluding hydrogens is 338 g/mol. The highest BCUT2D eigenvalue weighted by Crippen LogP contribution is 2.21. The molecule has 128 valence electrons. The van der Waals surface area contributed by atoms with Crippen molar-refractivity contribution in [3.63, 3.8) is 0 Å². The van der Waals surface area contributed by atoms with Crippen molar-refractivity contribution < 1.29 is 4.79 Å². The van der Waals surface area contributed by atoms with Crippen LogP contribution in [0.4, 0.5) is 5.95 Å². The van der Waals surface area contributed by atoms with Crippen LogP contribution in [-0.2, 0) is 4.79 Å². The molecule has 3 rings (SSSR count). The summed E-state index contributed by atoms with van der Waals surface area (Å²) in [6.45, 7) is 5.26. The fraction of sp³-hybridized carbons (Fsp3) is 0.235. The normalized spacial score (nSPS) is 12.0. The number of rotatable bonds is 4. The molecule has 0 bridgehead atoms. The minimum Gasteiger partial charge on any atom is -0.293 e. The molecule has 7 nitrogen and oxygen atoms in total. The first-order valence-electron chi connectivity index (χ1n) is 7.71. The molecule has 0 aliphatic rings. The fourth-order valence-corrected chi connectivity index (χ4v) is 3.06. The molecule has 3 heterocycles. The van der Waals surface area contributed by atoms with Crippen molar-refractivity contribution in [3.05, 3.63) is 57.5 Å². The van der Waals surface area contributed by atoms with E-state index in [1.54, 1.807) is 13.0 Å². The predicted octanol–water partition coefficient (Wildman–Crippen LogP) is 2.58. The molecule has 0 radical (unpaired) electrons. The number of nitrogens with one attached hydrogen (secondary N) is 1. The number of amides is 1. The summed E-state index contributed by atoms with van der Waals surface area (Å²) in [6.07, 6.45) is 0. The number of carbonyl (C=O) groups is 1. The molecule has 0 aliphatic carbocycles. The van der Waals surface area contributed by atoms with Crippen molar-refractivity contribution in [1.29, 1.82) is 0 Å². The van der Waals surface area contributed by atoms with Gasteiger partial charge in [0.25, 0.3) is 11.5 Å². The first-order chi connectivity index (χ1) is 11.9. The van der Waals surface area contributed by atoms with Crippen molar-refractivity contribution in [3.8, 4) is 10.6 Å². The largest absolute Gasteiger partial charge is 0.293 e. The highest BCUT2D eigenvalue weighted by atomic mass is 32.1. The van der Waals surface area contributed by atoms with Gasteiger partial charge in [0.15, 0.2) is 0 Å². The minimum atomic E-state index is -0.795. The molecule has 8 heteroatoms. The summed E-state index contributed by atoms with van der Waals surface area (Å²) < 4.78 is 1.17. The Morgan fingerprint density at radius 3 is 2.56 bits per heavy atom. The summed E-state index contributed by atoms with van der Waals surface area (Å²) in [5.41, 5.74) is 1.82. The quantitative estimate of drug-likeness (QED) is 0.777. The van der Waals surface area contributed by atoms with E-state index in [0.717, 1.165) is 16.3 Å². The van der Waals surface area contributed by atoms with Gasteiger partial charge in [0.2, 0.25) is 5.95 Å². The molecule has 3 aromatic rings. The number of carbonyl (C=O) groups excluding carboxylic acids is 1. The number of hydrogen-bond acceptors (Lipinski definition) is 6. The van der Waals surface area contributed by atoms with Crippen LogP contribution >= 0.6 is 11.3 Å². The van der Waals surface area contributed by atoms with Crippen molar-refractivity contribution in [1.82, 2.24) is 19.7 Å². The van der Waals surface area contributed by atoms with E-state index in [-0.39, 0.29) is 11.5 Å². The molecule has 0 fully saturated rings. The SMILES string of the molecule is Cc1cc(C)nc(NC(=O)C(C)n2nc(-c3cccs3)ccc2=O)n1. The van der Waals surface area contributed by atoms with Gasteiger partial charge in [0, 0.05) is 17.5 Å². The Balaban J connectivity index is 1.87. The van der Waals surface area contributed by atoms with Gasteiger partial charge in [-0.3, -0.25) is 14.9 Å². The first kappa shape index (κ1) is 17.0. The molecule has 0 aliphatic heterocycles. The number of anilines is 1. The monoisotopic (exact) mass is 355 g/mol. The lowest BCUT2D eigenvalue weighted by Gasteiger charge is -2.14. The number of hydrogen-bond donors (Lipinski definition) is 1. The molecule has 0 saturated carbocycles. The van der Waals surface area contributed by atoms with E-state index in [1.165, 1.54) is 22.1 Å². The number of aryl methyl sites for hydroxylation is 2. The van der Waals surface area contributed by atoms with E-state index in [9.17, 15) is 9.59 Å². The van der Waals surface area contributed by atoms with E-state index >= 15 is 0 Å². The molecule has 0 saturated heterocycles. The molecule has 0 spiro atoms. The smallest absolute Gasteiger partial charge is 0.267 e. The maximum absolute atomic E-state index is 12.5. The van der Waals surface area contributed by atoms with Gasteiger partial charge in [-0.05, 0) is 44.4 Å². The van der Waals surface area contributed by atoms with E-state index < -0.39 is 11.9 Å². The standard InChI is InChI=1S/C17H17N5O2S/c1-10-9-11(2)19-17(18-10)20-16(24)12(3)22-15(23)7-6-13(21-22)14-5-4-8-25-14/h4-9,12H,1-3H3,(H,18,19,20,24). The zero-order valence-corrected chi connectivity index (χ0v) is 14.9. The van der Waals surface area contributed by atoms with Gasteiger partial charge in [-0.1, -0.05) is 6.07 Å². The van der Waals surface area contributed by atoms with E-state index in [0.29, 0.717) is 5.69 Å². The van der Waals surface area contributed by atoms with Crippen molar-refractivity contribution in [2.24, 2.45) is 0 Å². The summed E-state index contributed by atoms with van der Waals surface area (Å²) >= 11 is 1.52. The van der Waals surface area contributed by atoms with E-state index in [1.807, 2.05) is 37.4 Å². The topological polar surface area (TPSA) is 89.8 Å². The summed E-state index contributed by atoms with van der Waals surface area (Å²) in [4.78, 5) is 33.9. The maximum Gasteiger partial charge on any atom is 0.267 e. The van der Waals surface area contributed by atoms with Gasteiger partial charge in [-0.15, -0.1) is 11.3 Å². The zero-order chi connectivity index (χ0) is 18.0. The van der Waals surface area contributed by atoms with E-state index in [2.05, 4.69) is 20.4 Å². The van der Waals surface area contributed by atoms with Gasteiger partial charge >= 0.3 is 0 Å². The highest BCUT2D eigenvalue weighted by molar-refractivity contribution is 7.13. The van der Waals surface area contributed by atoms with Crippen LogP contribution in [0.3, 0.4) is 0 Å². The predicted molar refractivity (Wildman–Crippen MR) is 96.7 cm³/mol. The molecule has 1 unspecified atom stereocenters. The van der Waals surface area contributed by atoms with Gasteiger partial charge in [-0.2, -0.15) is 5.10 Å². The minimum absolute atomic E-state index is 0.219. The summed E-state index contributed by atoms with van der Waals surface area (Å²) in [5.74, 6) is -0.181. The lowest BCUT2D eigenvalue weighted by Crippen LogP contribution is -2.33. The summed E-state index contributed by atoms with van der Waals surface area (Å²) in [5, 5.41) is 8.90. The Morgan fingerprint density at radius 2 is 1.92 bits per heavy atom. The second-order valence-corrected chi connectivity index (χ2v) is 6.57. The third-order valence-electron chi connectivity index (χ3n) is 3.56. The second-order valence-electron chi connectivity index (χ2n) is 5.62. The first-order valence-corrected chi connectivity index (χ1v) is 8.59. The van der Waals surface area contributed by atoms with Crippen LogP contribution in [-0.4, -0.2) is 25.7 Å². The average Bonchev–Trinajstić information content (AvgIpc) is 3.08. The van der Waals surface area contributed by atoms with Crippen LogP contribution in [0.15, 0.2) is 40.5 Å². The second kappa shape index (κ2) is 6.94. The van der Waals surface area contributed by atoms with Crippen LogP contribution in [0.25, 0.3) is 10.6 Å². The van der Waals surface area contributed by atoms with Crippen molar-refractivity contribution >= 4 is 23.2 Å². The molecule has 25 heavy (non-hydrogen) atoms. The van der Waals surface area contributed by atoms with E-state index in [4.69, 9.17) is 0 Å². The van der Waals surface area contributed by atoms with Crippen LogP contribution in [0.5, 0.6) is 0 Å². The third kappa shape index (κ3) is 3.80. The summed E-state index contributed by atoms with van der Waals surface area (Å²) in [7, 11) is 0. The lowest BCUT2D eigenvalue weighted by molar-refractivity contribution is -0.119. The Bertz CT molecular complexity index is 945. The van der Waals surface area contributed by atoms with Gasteiger partial charge < -0.3 is 0 Å². The van der Waals surface area contributed by atoms with Crippen LogP contribution in [0, 0.1) is 13.8 Å². The van der Waals surface area contributed by atoms with Crippen LogP contribution in [0.1, 0.15) is 24.4 Å². The molecule has 1 atom stereocenters. The zero-order valence-electron chi connectivity index (χ0n) is 14.1. The molecular formula is C17H17N5O2S. The lowest BCUT2D eigenvalue weighted by atomic mass is 10.3.